The molecule has 0 unspecified atom stereocenters. The predicted molar refractivity (Wildman–Crippen MR) is 111 cm³/mol. The van der Waals surface area contributed by atoms with E-state index in [0.29, 0.717) is 16.0 Å². The summed E-state index contributed by atoms with van der Waals surface area (Å²) >= 11 is 1.40. The van der Waals surface area contributed by atoms with E-state index < -0.39 is 4.92 Å². The van der Waals surface area contributed by atoms with Crippen molar-refractivity contribution in [3.05, 3.63) is 44.8 Å². The third-order valence-electron chi connectivity index (χ3n) is 5.23. The molecule has 1 saturated carbocycles. The number of rotatable bonds is 5. The Morgan fingerprint density at radius 1 is 1.00 bits per heavy atom. The van der Waals surface area contributed by atoms with Crippen LogP contribution in [0.25, 0.3) is 5.57 Å². The van der Waals surface area contributed by atoms with Crippen LogP contribution in [0, 0.1) is 10.1 Å². The minimum absolute atomic E-state index is 0.0314. The largest absolute Gasteiger partial charge is 0.271 e. The molecule has 0 N–H and O–H groups in total. The van der Waals surface area contributed by atoms with Gasteiger partial charge in [0, 0.05) is 23.4 Å². The molecule has 3 rings (SSSR count). The number of benzene rings is 1. The van der Waals surface area contributed by atoms with E-state index in [2.05, 4.69) is 0 Å². The fourth-order valence-electron chi connectivity index (χ4n) is 3.90. The molecule has 0 atom stereocenters. The van der Waals surface area contributed by atoms with Crippen molar-refractivity contribution in [3.8, 4) is 0 Å². The summed E-state index contributed by atoms with van der Waals surface area (Å²) in [6.45, 7) is 3.97. The van der Waals surface area contributed by atoms with Crippen LogP contribution in [0.4, 0.5) is 5.69 Å². The minimum Gasteiger partial charge on any atom is -0.271 e. The topological polar surface area (TPSA) is 80.5 Å². The molecule has 0 saturated heterocycles. The number of imide groups is 1. The van der Waals surface area contributed by atoms with Crippen LogP contribution in [0.3, 0.4) is 0 Å². The number of carbonyl (C=O) groups excluding carboxylic acids is 2. The van der Waals surface area contributed by atoms with Crippen LogP contribution in [-0.4, -0.2) is 32.9 Å². The fourth-order valence-corrected chi connectivity index (χ4v) is 4.89. The molecule has 1 aliphatic heterocycles. The van der Waals surface area contributed by atoms with Gasteiger partial charge in [0.2, 0.25) is 0 Å². The van der Waals surface area contributed by atoms with Crippen molar-refractivity contribution in [1.82, 2.24) is 4.90 Å². The van der Waals surface area contributed by atoms with Crippen LogP contribution >= 0.6 is 11.8 Å². The van der Waals surface area contributed by atoms with Gasteiger partial charge in [0.1, 0.15) is 0 Å². The van der Waals surface area contributed by atoms with Gasteiger partial charge in [0.15, 0.2) is 0 Å². The quantitative estimate of drug-likeness (QED) is 0.396. The second-order valence-electron chi connectivity index (χ2n) is 7.65. The number of carbonyl (C=O) groups is 2. The van der Waals surface area contributed by atoms with Crippen LogP contribution in [-0.2, 0) is 9.59 Å². The Balaban J connectivity index is 1.96. The van der Waals surface area contributed by atoms with Gasteiger partial charge >= 0.3 is 0 Å². The third kappa shape index (κ3) is 4.29. The van der Waals surface area contributed by atoms with Gasteiger partial charge in [-0.2, -0.15) is 0 Å². The van der Waals surface area contributed by atoms with Gasteiger partial charge in [-0.25, -0.2) is 0 Å². The molecule has 1 heterocycles. The molecule has 1 aromatic rings. The van der Waals surface area contributed by atoms with E-state index in [0.717, 1.165) is 38.5 Å². The zero-order valence-electron chi connectivity index (χ0n) is 16.3. The number of nitro groups is 1. The van der Waals surface area contributed by atoms with Gasteiger partial charge in [0.05, 0.1) is 15.4 Å². The fraction of sp³-hybridized carbons (Fsp3) is 0.524. The van der Waals surface area contributed by atoms with E-state index in [1.807, 2.05) is 13.8 Å². The number of nitrogens with zero attached hydrogens (tertiary/aromatic N) is 2. The van der Waals surface area contributed by atoms with Crippen molar-refractivity contribution < 1.29 is 14.5 Å². The van der Waals surface area contributed by atoms with Crippen LogP contribution in [0.5, 0.6) is 0 Å². The second kappa shape index (κ2) is 8.90. The number of non-ortho nitro benzene ring substituents is 1. The first kappa shape index (κ1) is 20.6. The highest BCUT2D eigenvalue weighted by Gasteiger charge is 2.42. The average molecular weight is 403 g/mol. The molecule has 7 heteroatoms. The van der Waals surface area contributed by atoms with Gasteiger partial charge < -0.3 is 0 Å². The number of thioether (sulfide) groups is 1. The van der Waals surface area contributed by atoms with Crippen LogP contribution in [0.15, 0.2) is 29.2 Å². The molecule has 0 radical (unpaired) electrons. The summed E-state index contributed by atoms with van der Waals surface area (Å²) in [7, 11) is 0. The Morgan fingerprint density at radius 3 is 2.11 bits per heavy atom. The van der Waals surface area contributed by atoms with E-state index in [1.54, 1.807) is 12.1 Å². The van der Waals surface area contributed by atoms with Gasteiger partial charge in [0.25, 0.3) is 17.5 Å². The second-order valence-corrected chi connectivity index (χ2v) is 9.24. The van der Waals surface area contributed by atoms with E-state index >= 15 is 0 Å². The minimum atomic E-state index is -0.468. The molecule has 2 aliphatic rings. The highest BCUT2D eigenvalue weighted by molar-refractivity contribution is 8.04. The van der Waals surface area contributed by atoms with E-state index in [9.17, 15) is 19.7 Å². The standard InChI is InChI=1S/C21H26N2O4S/c1-14(2)28-19-18(15-10-12-17(13-11-15)23(26)27)20(24)22(21(19)25)16-8-6-4-3-5-7-9-16/h10-14,16H,3-9H2,1-2H3. The molecule has 1 aromatic carbocycles. The SMILES string of the molecule is CC(C)SC1=C(c2ccc([N+](=O)[O-])cc2)C(=O)N(C2CCCCCCC2)C1=O. The maximum atomic E-state index is 13.3. The van der Waals surface area contributed by atoms with Crippen molar-refractivity contribution in [2.75, 3.05) is 0 Å². The third-order valence-corrected chi connectivity index (χ3v) is 6.32. The smallest absolute Gasteiger partial charge is 0.269 e. The van der Waals surface area contributed by atoms with Crippen LogP contribution in [0.1, 0.15) is 64.4 Å². The summed E-state index contributed by atoms with van der Waals surface area (Å²) in [5.41, 5.74) is 0.928. The Bertz CT molecular complexity index is 793. The lowest BCUT2D eigenvalue weighted by Crippen LogP contribution is -2.41. The van der Waals surface area contributed by atoms with Gasteiger partial charge in [-0.3, -0.25) is 24.6 Å². The first-order chi connectivity index (χ1) is 13.4. The molecule has 0 aromatic heterocycles. The van der Waals surface area contributed by atoms with E-state index in [-0.39, 0.29) is 28.8 Å². The van der Waals surface area contributed by atoms with Crippen molar-refractivity contribution in [2.24, 2.45) is 0 Å². The van der Waals surface area contributed by atoms with Gasteiger partial charge in [-0.15, -0.1) is 11.8 Å². The highest BCUT2D eigenvalue weighted by atomic mass is 32.2. The van der Waals surface area contributed by atoms with Gasteiger partial charge in [-0.1, -0.05) is 46.0 Å². The average Bonchev–Trinajstić information content (AvgIpc) is 2.85. The molecular weight excluding hydrogens is 376 g/mol. The Hall–Kier alpha value is -2.15. The van der Waals surface area contributed by atoms with Gasteiger partial charge in [-0.05, 0) is 30.5 Å². The van der Waals surface area contributed by atoms with E-state index in [1.165, 1.54) is 35.2 Å². The first-order valence-corrected chi connectivity index (χ1v) is 10.8. The molecule has 1 fully saturated rings. The van der Waals surface area contributed by atoms with Crippen molar-refractivity contribution in [3.63, 3.8) is 0 Å². The molecule has 150 valence electrons. The molecule has 0 bridgehead atoms. The maximum absolute atomic E-state index is 13.3. The van der Waals surface area contributed by atoms with Crippen LogP contribution < -0.4 is 0 Å². The zero-order chi connectivity index (χ0) is 20.3. The lowest BCUT2D eigenvalue weighted by atomic mass is 9.95. The van der Waals surface area contributed by atoms with Crippen LogP contribution in [0.2, 0.25) is 0 Å². The number of hydrogen-bond acceptors (Lipinski definition) is 5. The summed E-state index contributed by atoms with van der Waals surface area (Å²) in [5, 5.41) is 11.1. The monoisotopic (exact) mass is 402 g/mol. The predicted octanol–water partition coefficient (Wildman–Crippen LogP) is 4.93. The van der Waals surface area contributed by atoms with E-state index in [4.69, 9.17) is 0 Å². The molecule has 1 aliphatic carbocycles. The summed E-state index contributed by atoms with van der Waals surface area (Å²) in [6, 6.07) is 5.85. The number of hydrogen-bond donors (Lipinski definition) is 0. The molecular formula is C21H26N2O4S. The summed E-state index contributed by atoms with van der Waals surface area (Å²) in [5.74, 6) is -0.463. The Labute approximate surface area is 169 Å². The summed E-state index contributed by atoms with van der Waals surface area (Å²) < 4.78 is 0. The lowest BCUT2D eigenvalue weighted by molar-refractivity contribution is -0.384. The van der Waals surface area contributed by atoms with Crippen molar-refractivity contribution >= 4 is 34.8 Å². The first-order valence-electron chi connectivity index (χ1n) is 9.93. The zero-order valence-corrected chi connectivity index (χ0v) is 17.2. The molecule has 0 spiro atoms. The van der Waals surface area contributed by atoms with Crippen molar-refractivity contribution in [1.29, 1.82) is 0 Å². The number of nitro benzene ring substituents is 1. The number of amides is 2. The van der Waals surface area contributed by atoms with Crippen molar-refractivity contribution in [2.45, 2.75) is 70.1 Å². The maximum Gasteiger partial charge on any atom is 0.269 e. The normalized spacial score (nSPS) is 19.3. The Kier molecular flexibility index (Phi) is 6.54. The molecule has 2 amide bonds. The molecule has 6 nitrogen and oxygen atoms in total. The summed E-state index contributed by atoms with van der Waals surface area (Å²) in [6.07, 6.45) is 7.26. The molecule has 28 heavy (non-hydrogen) atoms. The lowest BCUT2D eigenvalue weighted by Gasteiger charge is -2.28. The summed E-state index contributed by atoms with van der Waals surface area (Å²) in [4.78, 5) is 39.0. The Morgan fingerprint density at radius 2 is 1.57 bits per heavy atom. The highest BCUT2D eigenvalue weighted by Crippen LogP contribution is 2.40.